The molecule has 8 heteroatoms. The fourth-order valence-corrected chi connectivity index (χ4v) is 14.1. The lowest BCUT2D eigenvalue weighted by atomic mass is 10.1. The zero-order chi connectivity index (χ0) is 68.9. The van der Waals surface area contributed by atoms with Crippen molar-refractivity contribution in [3.63, 3.8) is 0 Å². The molecule has 0 aromatic carbocycles. The summed E-state index contributed by atoms with van der Waals surface area (Å²) < 4.78 is 12.6. The van der Waals surface area contributed by atoms with E-state index in [-0.39, 0.29) is 0 Å². The maximum atomic E-state index is 8.55. The summed E-state index contributed by atoms with van der Waals surface area (Å²) in [6.45, 7) is 33.7. The smallest absolute Gasteiger partial charge is 0.0784 e. The van der Waals surface area contributed by atoms with Gasteiger partial charge in [0, 0.05) is 0 Å². The van der Waals surface area contributed by atoms with Crippen LogP contribution in [-0.4, -0.2) is 93.5 Å². The van der Waals surface area contributed by atoms with Gasteiger partial charge in [-0.1, -0.05) is 351 Å². The zero-order valence-corrected chi connectivity index (χ0v) is 67.2. The quantitative estimate of drug-likeness (QED) is 0.0345. The number of rotatable bonds is 72. The first-order valence-electron chi connectivity index (χ1n) is 42.8. The Morgan fingerprint density at radius 2 is 0.228 bits per heavy atom. The van der Waals surface area contributed by atoms with Gasteiger partial charge < -0.3 is 32.7 Å². The van der Waals surface area contributed by atoms with E-state index in [1.54, 1.807) is 0 Å². The summed E-state index contributed by atoms with van der Waals surface area (Å²) in [5.41, 5.74) is 0. The fourth-order valence-electron chi connectivity index (χ4n) is 14.1. The average molecular weight is 1330 g/mol. The minimum atomic E-state index is -5.39. The second kappa shape index (κ2) is 80.0. The first kappa shape index (κ1) is 98.4. The molecule has 0 aromatic rings. The number of phosphoric acid groups is 1. The number of nitrogens with zero attached hydrogens (tertiary/aromatic N) is 3. The summed E-state index contributed by atoms with van der Waals surface area (Å²) in [6, 6.07) is 0. The standard InChI is InChI=1S/3C28H60N.H3O4P/c3*1-5-8-11-14-16-18-20-22-25-28-29(4,26-23-13-10-7-3)27-24-21-19-17-15-12-9-6-2;1-5(2,3)4/h3*5-28H2,1-4H3;(H3,1,2,3,4)/q3*+1;/p-3. The van der Waals surface area contributed by atoms with Gasteiger partial charge in [-0.3, -0.25) is 0 Å². The van der Waals surface area contributed by atoms with Gasteiger partial charge in [-0.05, 0) is 116 Å². The molecule has 0 heterocycles. The van der Waals surface area contributed by atoms with Crippen molar-refractivity contribution in [3.05, 3.63) is 0 Å². The molecular formula is C84H180N3O4P. The van der Waals surface area contributed by atoms with E-state index in [2.05, 4.69) is 83.5 Å². The molecule has 3 atom stereocenters. The normalized spacial score (nSPS) is 13.6. The highest BCUT2D eigenvalue weighted by molar-refractivity contribution is 7.40. The van der Waals surface area contributed by atoms with Crippen LogP contribution in [0.1, 0.15) is 467 Å². The van der Waals surface area contributed by atoms with Crippen LogP contribution in [0.15, 0.2) is 0 Å². The summed E-state index contributed by atoms with van der Waals surface area (Å²) in [5.74, 6) is 0. The van der Waals surface area contributed by atoms with Crippen LogP contribution in [0, 0.1) is 0 Å². The molecule has 0 radical (unpaired) electrons. The van der Waals surface area contributed by atoms with Gasteiger partial charge in [0.05, 0.1) is 80.0 Å². The van der Waals surface area contributed by atoms with E-state index in [9.17, 15) is 0 Å². The van der Waals surface area contributed by atoms with Crippen LogP contribution in [0.25, 0.3) is 0 Å². The SMILES string of the molecule is CCCCCCCCCCC[N+](C)(CCCCCC)CCCCCCCCCC.CCCCCCCCCCC[N+](C)(CCCCCC)CCCCCCCCCC.CCCCCCCCCCC[N+](C)(CCCCCC)CCCCCCCCCC.O=P([O-])([O-])[O-]. The highest BCUT2D eigenvalue weighted by atomic mass is 31.2. The molecule has 0 bridgehead atoms. The van der Waals surface area contributed by atoms with Crippen LogP contribution in [0.4, 0.5) is 0 Å². The summed E-state index contributed by atoms with van der Waals surface area (Å²) >= 11 is 0. The predicted molar refractivity (Wildman–Crippen MR) is 412 cm³/mol. The highest BCUT2D eigenvalue weighted by Crippen LogP contribution is 2.21. The monoisotopic (exact) mass is 1330 g/mol. The van der Waals surface area contributed by atoms with Gasteiger partial charge >= 0.3 is 0 Å². The Morgan fingerprint density at radius 3 is 0.315 bits per heavy atom. The topological polar surface area (TPSA) is 86.2 Å². The zero-order valence-electron chi connectivity index (χ0n) is 66.3. The van der Waals surface area contributed by atoms with Crippen LogP contribution in [-0.2, 0) is 4.57 Å². The summed E-state index contributed by atoms with van der Waals surface area (Å²) in [5, 5.41) is 0. The van der Waals surface area contributed by atoms with E-state index in [0.29, 0.717) is 0 Å². The maximum Gasteiger partial charge on any atom is 0.0784 e. The lowest BCUT2D eigenvalue weighted by Gasteiger charge is -2.36. The van der Waals surface area contributed by atoms with Crippen LogP contribution in [0.3, 0.4) is 0 Å². The molecule has 0 saturated heterocycles. The third kappa shape index (κ3) is 88.0. The minimum absolute atomic E-state index is 1.36. The van der Waals surface area contributed by atoms with Crippen molar-refractivity contribution in [2.45, 2.75) is 467 Å². The van der Waals surface area contributed by atoms with Gasteiger partial charge in [0.2, 0.25) is 0 Å². The third-order valence-electron chi connectivity index (χ3n) is 20.7. The van der Waals surface area contributed by atoms with Crippen molar-refractivity contribution in [2.75, 3.05) is 80.0 Å². The summed E-state index contributed by atoms with van der Waals surface area (Å²) in [6.07, 6.45) is 91.0. The number of hydrogen-bond donors (Lipinski definition) is 0. The van der Waals surface area contributed by atoms with Crippen molar-refractivity contribution in [1.82, 2.24) is 0 Å². The number of hydrogen-bond acceptors (Lipinski definition) is 4. The Hall–Kier alpha value is -0.0100. The van der Waals surface area contributed by atoms with Gasteiger partial charge in [-0.15, -0.1) is 0 Å². The molecule has 0 fully saturated rings. The molecule has 0 aliphatic carbocycles. The Kier molecular flexibility index (Phi) is 85.5. The van der Waals surface area contributed by atoms with Crippen molar-refractivity contribution in [1.29, 1.82) is 0 Å². The highest BCUT2D eigenvalue weighted by Gasteiger charge is 2.23. The molecule has 0 aliphatic rings. The lowest BCUT2D eigenvalue weighted by Crippen LogP contribution is -2.46. The molecule has 0 aromatic heterocycles. The second-order valence-electron chi connectivity index (χ2n) is 30.9. The molecule has 0 amide bonds. The molecule has 0 spiro atoms. The molecular weight excluding hydrogens is 1150 g/mol. The maximum absolute atomic E-state index is 8.55. The fraction of sp³-hybridized carbons (Fsp3) is 1.00. The predicted octanol–water partition coefficient (Wildman–Crippen LogP) is 26.2. The van der Waals surface area contributed by atoms with E-state index in [4.69, 9.17) is 19.2 Å². The van der Waals surface area contributed by atoms with Crippen molar-refractivity contribution in [3.8, 4) is 0 Å². The van der Waals surface area contributed by atoms with E-state index < -0.39 is 7.82 Å². The summed E-state index contributed by atoms with van der Waals surface area (Å²) in [4.78, 5) is 25.6. The largest absolute Gasteiger partial charge is 0.822 e. The molecule has 0 aliphatic heterocycles. The van der Waals surface area contributed by atoms with E-state index in [1.807, 2.05) is 0 Å². The van der Waals surface area contributed by atoms with Crippen LogP contribution < -0.4 is 14.7 Å². The molecule has 0 rings (SSSR count). The van der Waals surface area contributed by atoms with Gasteiger partial charge in [0.25, 0.3) is 0 Å². The minimum Gasteiger partial charge on any atom is -0.822 e. The Balaban J connectivity index is -0.000000607. The molecule has 0 N–H and O–H groups in total. The molecule has 560 valence electrons. The Labute approximate surface area is 584 Å². The van der Waals surface area contributed by atoms with Crippen molar-refractivity contribution >= 4 is 7.82 Å². The lowest BCUT2D eigenvalue weighted by molar-refractivity contribution is -0.910. The number of quaternary nitrogens is 3. The Morgan fingerprint density at radius 1 is 0.163 bits per heavy atom. The second-order valence-corrected chi connectivity index (χ2v) is 31.8. The van der Waals surface area contributed by atoms with Gasteiger partial charge in [0.15, 0.2) is 0 Å². The first-order valence-corrected chi connectivity index (χ1v) is 44.2. The van der Waals surface area contributed by atoms with Gasteiger partial charge in [0.1, 0.15) is 0 Å². The van der Waals surface area contributed by atoms with Crippen molar-refractivity contribution < 1.29 is 32.7 Å². The molecule has 3 unspecified atom stereocenters. The van der Waals surface area contributed by atoms with Gasteiger partial charge in [-0.25, -0.2) is 0 Å². The first-order chi connectivity index (χ1) is 44.5. The van der Waals surface area contributed by atoms with E-state index in [1.165, 1.54) is 477 Å². The third-order valence-corrected chi connectivity index (χ3v) is 20.7. The molecule has 7 nitrogen and oxygen atoms in total. The average Bonchev–Trinajstić information content (AvgIpc) is 1.31. The number of unbranched alkanes of at least 4 members (excludes halogenated alkanes) is 54. The van der Waals surface area contributed by atoms with Crippen LogP contribution >= 0.6 is 7.82 Å². The van der Waals surface area contributed by atoms with E-state index in [0.717, 1.165) is 0 Å². The molecule has 92 heavy (non-hydrogen) atoms. The van der Waals surface area contributed by atoms with Crippen molar-refractivity contribution in [2.24, 2.45) is 0 Å². The molecule has 0 saturated carbocycles. The Bertz CT molecular complexity index is 1220. The van der Waals surface area contributed by atoms with E-state index >= 15 is 0 Å². The summed E-state index contributed by atoms with van der Waals surface area (Å²) in [7, 11) is 2.31. The van der Waals surface area contributed by atoms with Crippen LogP contribution in [0.5, 0.6) is 0 Å². The van der Waals surface area contributed by atoms with Gasteiger partial charge in [-0.2, -0.15) is 7.82 Å². The van der Waals surface area contributed by atoms with Crippen LogP contribution in [0.2, 0.25) is 0 Å².